The molecule has 0 aromatic carbocycles. The number of piperazine rings is 1. The van der Waals surface area contributed by atoms with Gasteiger partial charge in [0.25, 0.3) is 5.91 Å². The van der Waals surface area contributed by atoms with E-state index in [1.165, 1.54) is 0 Å². The third-order valence-corrected chi connectivity index (χ3v) is 5.44. The van der Waals surface area contributed by atoms with Crippen LogP contribution < -0.4 is 16.0 Å². The van der Waals surface area contributed by atoms with Gasteiger partial charge in [0.1, 0.15) is 12.1 Å². The van der Waals surface area contributed by atoms with Gasteiger partial charge in [-0.1, -0.05) is 19.3 Å². The van der Waals surface area contributed by atoms with E-state index < -0.39 is 11.6 Å². The lowest BCUT2D eigenvalue weighted by molar-refractivity contribution is -0.135. The van der Waals surface area contributed by atoms with Crippen molar-refractivity contribution in [3.63, 3.8) is 0 Å². The Morgan fingerprint density at radius 3 is 2.56 bits per heavy atom. The zero-order valence-corrected chi connectivity index (χ0v) is 14.8. The van der Waals surface area contributed by atoms with Crippen molar-refractivity contribution in [3.8, 4) is 0 Å². The molecule has 25 heavy (non-hydrogen) atoms. The van der Waals surface area contributed by atoms with Gasteiger partial charge in [0.2, 0.25) is 5.91 Å². The quantitative estimate of drug-likeness (QED) is 0.449. The predicted octanol–water partition coefficient (Wildman–Crippen LogP) is -0.347. The fraction of sp³-hybridized carbons (Fsp3) is 0.824. The van der Waals surface area contributed by atoms with Gasteiger partial charge in [0, 0.05) is 32.7 Å². The first-order valence-corrected chi connectivity index (χ1v) is 9.45. The lowest BCUT2D eigenvalue weighted by Crippen LogP contribution is -2.49. The number of rotatable bonds is 6. The Bertz CT molecular complexity index is 512. The molecule has 1 spiro atoms. The Labute approximate surface area is 148 Å². The van der Waals surface area contributed by atoms with E-state index in [9.17, 15) is 14.4 Å². The molecular formula is C17H29N5O3. The SMILES string of the molecule is O=C(CN1C(=O)NC2(CCCCC2)C1=O)NCCCN1CCNCC1. The maximum Gasteiger partial charge on any atom is 0.325 e. The van der Waals surface area contributed by atoms with E-state index in [-0.39, 0.29) is 18.4 Å². The Balaban J connectivity index is 1.40. The summed E-state index contributed by atoms with van der Waals surface area (Å²) in [5.41, 5.74) is -0.752. The first-order valence-electron chi connectivity index (χ1n) is 9.45. The Hall–Kier alpha value is -1.67. The predicted molar refractivity (Wildman–Crippen MR) is 93.0 cm³/mol. The lowest BCUT2D eigenvalue weighted by atomic mass is 9.82. The third kappa shape index (κ3) is 4.30. The summed E-state index contributed by atoms with van der Waals surface area (Å²) in [6.45, 7) is 5.45. The highest BCUT2D eigenvalue weighted by Crippen LogP contribution is 2.33. The number of hydrogen-bond donors (Lipinski definition) is 3. The molecule has 3 fully saturated rings. The molecule has 0 radical (unpaired) electrons. The Morgan fingerprint density at radius 2 is 1.84 bits per heavy atom. The van der Waals surface area contributed by atoms with Crippen molar-refractivity contribution in [3.05, 3.63) is 0 Å². The van der Waals surface area contributed by atoms with Crippen molar-refractivity contribution in [2.75, 3.05) is 45.8 Å². The number of imide groups is 1. The minimum Gasteiger partial charge on any atom is -0.354 e. The van der Waals surface area contributed by atoms with Crippen molar-refractivity contribution >= 4 is 17.8 Å². The van der Waals surface area contributed by atoms with Gasteiger partial charge >= 0.3 is 6.03 Å². The number of carbonyl (C=O) groups is 3. The van der Waals surface area contributed by atoms with Crippen LogP contribution in [0.15, 0.2) is 0 Å². The number of carbonyl (C=O) groups excluding carboxylic acids is 3. The molecule has 2 saturated heterocycles. The van der Waals surface area contributed by atoms with E-state index in [0.717, 1.165) is 63.3 Å². The lowest BCUT2D eigenvalue weighted by Gasteiger charge is -2.30. The highest BCUT2D eigenvalue weighted by molar-refractivity contribution is 6.09. The van der Waals surface area contributed by atoms with Crippen molar-refractivity contribution in [2.45, 2.75) is 44.1 Å². The molecule has 0 unspecified atom stereocenters. The smallest absolute Gasteiger partial charge is 0.325 e. The largest absolute Gasteiger partial charge is 0.354 e. The van der Waals surface area contributed by atoms with Gasteiger partial charge in [-0.15, -0.1) is 0 Å². The van der Waals surface area contributed by atoms with Crippen molar-refractivity contribution in [1.82, 2.24) is 25.8 Å². The van der Waals surface area contributed by atoms with Crippen LogP contribution in [0, 0.1) is 0 Å². The van der Waals surface area contributed by atoms with E-state index in [1.807, 2.05) is 0 Å². The summed E-state index contributed by atoms with van der Waals surface area (Å²) < 4.78 is 0. The molecule has 0 bridgehead atoms. The van der Waals surface area contributed by atoms with E-state index in [2.05, 4.69) is 20.9 Å². The maximum absolute atomic E-state index is 12.6. The van der Waals surface area contributed by atoms with E-state index in [4.69, 9.17) is 0 Å². The van der Waals surface area contributed by atoms with Gasteiger partial charge < -0.3 is 20.9 Å². The topological polar surface area (TPSA) is 93.8 Å². The van der Waals surface area contributed by atoms with Crippen molar-refractivity contribution in [1.29, 1.82) is 0 Å². The number of nitrogens with one attached hydrogen (secondary N) is 3. The molecule has 1 saturated carbocycles. The third-order valence-electron chi connectivity index (χ3n) is 5.44. The Kier molecular flexibility index (Phi) is 5.90. The molecule has 0 aromatic heterocycles. The van der Waals surface area contributed by atoms with Gasteiger partial charge in [-0.05, 0) is 25.8 Å². The maximum atomic E-state index is 12.6. The first-order chi connectivity index (χ1) is 12.1. The molecule has 2 heterocycles. The molecule has 2 aliphatic heterocycles. The van der Waals surface area contributed by atoms with Crippen molar-refractivity contribution < 1.29 is 14.4 Å². The average molecular weight is 351 g/mol. The number of urea groups is 1. The second-order valence-electron chi connectivity index (χ2n) is 7.26. The Morgan fingerprint density at radius 1 is 1.12 bits per heavy atom. The second kappa shape index (κ2) is 8.14. The monoisotopic (exact) mass is 351 g/mol. The van der Waals surface area contributed by atoms with Crippen LogP contribution in [0.5, 0.6) is 0 Å². The molecule has 3 rings (SSSR count). The van der Waals surface area contributed by atoms with Gasteiger partial charge in [0.05, 0.1) is 0 Å². The summed E-state index contributed by atoms with van der Waals surface area (Å²) in [7, 11) is 0. The van der Waals surface area contributed by atoms with Crippen LogP contribution in [0.4, 0.5) is 4.79 Å². The molecule has 8 nitrogen and oxygen atoms in total. The zero-order valence-electron chi connectivity index (χ0n) is 14.8. The van der Waals surface area contributed by atoms with E-state index in [0.29, 0.717) is 19.4 Å². The highest BCUT2D eigenvalue weighted by atomic mass is 16.2. The summed E-state index contributed by atoms with van der Waals surface area (Å²) >= 11 is 0. The first kappa shape index (κ1) is 18.1. The number of hydrogen-bond acceptors (Lipinski definition) is 5. The summed E-state index contributed by atoms with van der Waals surface area (Å²) in [6, 6.07) is -0.428. The molecule has 0 atom stereocenters. The molecular weight excluding hydrogens is 322 g/mol. The summed E-state index contributed by atoms with van der Waals surface area (Å²) in [5.74, 6) is -0.496. The molecule has 1 aliphatic carbocycles. The highest BCUT2D eigenvalue weighted by Gasteiger charge is 2.51. The van der Waals surface area contributed by atoms with Gasteiger partial charge in [-0.2, -0.15) is 0 Å². The summed E-state index contributed by atoms with van der Waals surface area (Å²) in [5, 5.41) is 8.97. The summed E-state index contributed by atoms with van der Waals surface area (Å²) in [4.78, 5) is 40.3. The van der Waals surface area contributed by atoms with Crippen LogP contribution in [0.1, 0.15) is 38.5 Å². The molecule has 8 heteroatoms. The van der Waals surface area contributed by atoms with E-state index >= 15 is 0 Å². The molecule has 4 amide bonds. The normalized spacial score (nSPS) is 23.8. The van der Waals surface area contributed by atoms with Crippen LogP contribution in [-0.4, -0.2) is 79.0 Å². The number of nitrogens with zero attached hydrogens (tertiary/aromatic N) is 2. The molecule has 3 aliphatic rings. The van der Waals surface area contributed by atoms with Crippen LogP contribution >= 0.6 is 0 Å². The minimum atomic E-state index is -0.752. The molecule has 3 N–H and O–H groups in total. The van der Waals surface area contributed by atoms with Gasteiger partial charge in [-0.3, -0.25) is 14.5 Å². The molecule has 0 aromatic rings. The van der Waals surface area contributed by atoms with Crippen LogP contribution in [0.25, 0.3) is 0 Å². The fourth-order valence-corrected chi connectivity index (χ4v) is 3.98. The average Bonchev–Trinajstić information content (AvgIpc) is 2.84. The fourth-order valence-electron chi connectivity index (χ4n) is 3.98. The number of amides is 4. The van der Waals surface area contributed by atoms with Crippen LogP contribution in [0.3, 0.4) is 0 Å². The van der Waals surface area contributed by atoms with Gasteiger partial charge in [0.15, 0.2) is 0 Å². The van der Waals surface area contributed by atoms with Crippen LogP contribution in [0.2, 0.25) is 0 Å². The minimum absolute atomic E-state index is 0.181. The second-order valence-corrected chi connectivity index (χ2v) is 7.26. The van der Waals surface area contributed by atoms with Gasteiger partial charge in [-0.25, -0.2) is 4.79 Å². The van der Waals surface area contributed by atoms with Crippen LogP contribution in [-0.2, 0) is 9.59 Å². The standard InChI is InChI=1S/C17H29N5O3/c23-14(19-7-4-10-21-11-8-18-9-12-21)13-22-15(24)17(20-16(22)25)5-2-1-3-6-17/h18H,1-13H2,(H,19,23)(H,20,25). The molecule has 140 valence electrons. The zero-order chi connectivity index (χ0) is 17.7. The van der Waals surface area contributed by atoms with E-state index in [1.54, 1.807) is 0 Å². The van der Waals surface area contributed by atoms with Crippen molar-refractivity contribution in [2.24, 2.45) is 0 Å². The summed E-state index contributed by atoms with van der Waals surface area (Å²) in [6.07, 6.45) is 5.21.